The minimum absolute atomic E-state index is 0.0470. The molecule has 1 fully saturated rings. The standard InChI is InChI=1S/C21H23N7O/c1-21-6-5-14(24-21)9-16(11-21)27(2)19-12-23-20(26-25-19)17-4-3-15(10-18(17)29)28-8-7-22-13-28/h3-8,10,12-14,16,24,29H,9,11H2,1-2H3/t14?,16-,21+/m0/s1. The van der Waals surface area contributed by atoms with Crippen molar-refractivity contribution in [2.24, 2.45) is 0 Å². The lowest BCUT2D eigenvalue weighted by Gasteiger charge is -2.41. The first-order chi connectivity index (χ1) is 14.0. The molecule has 5 rings (SSSR count). The first kappa shape index (κ1) is 17.8. The molecule has 2 aromatic heterocycles. The summed E-state index contributed by atoms with van der Waals surface area (Å²) in [5.41, 5.74) is 1.41. The van der Waals surface area contributed by atoms with Gasteiger partial charge in [-0.25, -0.2) is 9.97 Å². The van der Waals surface area contributed by atoms with Crippen molar-refractivity contribution in [3.8, 4) is 22.8 Å². The van der Waals surface area contributed by atoms with Gasteiger partial charge in [0, 0.05) is 43.1 Å². The molecule has 0 radical (unpaired) electrons. The highest BCUT2D eigenvalue weighted by atomic mass is 16.3. The van der Waals surface area contributed by atoms with E-state index in [9.17, 15) is 5.11 Å². The number of piperidine rings is 1. The van der Waals surface area contributed by atoms with Crippen molar-refractivity contribution < 1.29 is 5.11 Å². The van der Waals surface area contributed by atoms with Gasteiger partial charge in [-0.05, 0) is 31.9 Å². The van der Waals surface area contributed by atoms with E-state index in [0.717, 1.165) is 24.3 Å². The number of nitrogens with one attached hydrogen (secondary N) is 1. The van der Waals surface area contributed by atoms with Crippen LogP contribution in [0.1, 0.15) is 19.8 Å². The van der Waals surface area contributed by atoms with E-state index in [0.29, 0.717) is 23.5 Å². The highest BCUT2D eigenvalue weighted by Gasteiger charge is 2.39. The summed E-state index contributed by atoms with van der Waals surface area (Å²) in [6.07, 6.45) is 13.5. The van der Waals surface area contributed by atoms with Gasteiger partial charge in [0.25, 0.3) is 0 Å². The molecule has 0 saturated carbocycles. The molecule has 1 unspecified atom stereocenters. The maximum Gasteiger partial charge on any atom is 0.185 e. The van der Waals surface area contributed by atoms with E-state index >= 15 is 0 Å². The third-order valence-electron chi connectivity index (χ3n) is 5.88. The minimum Gasteiger partial charge on any atom is -0.507 e. The molecule has 2 bridgehead atoms. The Morgan fingerprint density at radius 1 is 1.31 bits per heavy atom. The van der Waals surface area contributed by atoms with Gasteiger partial charge in [0.05, 0.1) is 23.8 Å². The summed E-state index contributed by atoms with van der Waals surface area (Å²) in [5, 5.41) is 22.7. The van der Waals surface area contributed by atoms with Gasteiger partial charge < -0.3 is 19.9 Å². The lowest BCUT2D eigenvalue weighted by molar-refractivity contribution is 0.289. The fourth-order valence-corrected chi connectivity index (χ4v) is 4.30. The Labute approximate surface area is 168 Å². The van der Waals surface area contributed by atoms with Crippen molar-refractivity contribution in [2.75, 3.05) is 11.9 Å². The number of hydrogen-bond acceptors (Lipinski definition) is 7. The molecule has 2 aliphatic rings. The molecule has 8 nitrogen and oxygen atoms in total. The quantitative estimate of drug-likeness (QED) is 0.662. The number of aromatic nitrogens is 5. The van der Waals surface area contributed by atoms with Gasteiger partial charge in [-0.2, -0.15) is 0 Å². The van der Waals surface area contributed by atoms with E-state index in [1.165, 1.54) is 0 Å². The third kappa shape index (κ3) is 3.25. The monoisotopic (exact) mass is 389 g/mol. The number of imidazole rings is 1. The van der Waals surface area contributed by atoms with Crippen LogP contribution in [-0.4, -0.2) is 54.5 Å². The van der Waals surface area contributed by atoms with Crippen LogP contribution in [0.2, 0.25) is 0 Å². The number of aromatic hydroxyl groups is 1. The first-order valence-corrected chi connectivity index (χ1v) is 9.72. The van der Waals surface area contributed by atoms with Crippen LogP contribution < -0.4 is 10.2 Å². The number of benzene rings is 1. The van der Waals surface area contributed by atoms with Crippen LogP contribution in [0, 0.1) is 0 Å². The van der Waals surface area contributed by atoms with E-state index in [2.05, 4.69) is 49.5 Å². The third-order valence-corrected chi connectivity index (χ3v) is 5.88. The van der Waals surface area contributed by atoms with E-state index in [-0.39, 0.29) is 11.3 Å². The zero-order valence-corrected chi connectivity index (χ0v) is 16.4. The number of nitrogens with zero attached hydrogens (tertiary/aromatic N) is 6. The summed E-state index contributed by atoms with van der Waals surface area (Å²) in [7, 11) is 2.04. The van der Waals surface area contributed by atoms with Gasteiger partial charge >= 0.3 is 0 Å². The zero-order valence-electron chi connectivity index (χ0n) is 16.4. The fraction of sp³-hybridized carbons (Fsp3) is 0.333. The normalized spacial score (nSPS) is 25.3. The van der Waals surface area contributed by atoms with E-state index in [1.807, 2.05) is 23.9 Å². The van der Waals surface area contributed by atoms with Crippen LogP contribution in [0.25, 0.3) is 17.1 Å². The predicted molar refractivity (Wildman–Crippen MR) is 110 cm³/mol. The molecule has 0 aliphatic carbocycles. The molecular weight excluding hydrogens is 366 g/mol. The fourth-order valence-electron chi connectivity index (χ4n) is 4.30. The van der Waals surface area contributed by atoms with Crippen LogP contribution in [-0.2, 0) is 0 Å². The highest BCUT2D eigenvalue weighted by Crippen LogP contribution is 2.34. The van der Waals surface area contributed by atoms with Crippen molar-refractivity contribution in [3.63, 3.8) is 0 Å². The molecule has 8 heteroatoms. The van der Waals surface area contributed by atoms with Crippen LogP contribution in [0.15, 0.2) is 55.3 Å². The summed E-state index contributed by atoms with van der Waals surface area (Å²) in [6, 6.07) is 6.12. The van der Waals surface area contributed by atoms with E-state index in [1.54, 1.807) is 30.9 Å². The number of hydrogen-bond donors (Lipinski definition) is 2. The number of phenolic OH excluding ortho intramolecular Hbond substituents is 1. The number of rotatable bonds is 4. The zero-order chi connectivity index (χ0) is 20.0. The van der Waals surface area contributed by atoms with Crippen molar-refractivity contribution in [1.82, 2.24) is 30.0 Å². The van der Waals surface area contributed by atoms with Crippen LogP contribution in [0.5, 0.6) is 5.75 Å². The molecule has 0 spiro atoms. The van der Waals surface area contributed by atoms with E-state index < -0.39 is 0 Å². The van der Waals surface area contributed by atoms with Crippen molar-refractivity contribution in [3.05, 3.63) is 55.3 Å². The summed E-state index contributed by atoms with van der Waals surface area (Å²) in [5.74, 6) is 1.24. The van der Waals surface area contributed by atoms with Gasteiger partial charge in [0.1, 0.15) is 5.75 Å². The van der Waals surface area contributed by atoms with Gasteiger partial charge in [-0.3, -0.25) is 0 Å². The van der Waals surface area contributed by atoms with Crippen LogP contribution in [0.3, 0.4) is 0 Å². The Morgan fingerprint density at radius 3 is 2.90 bits per heavy atom. The van der Waals surface area contributed by atoms with Crippen molar-refractivity contribution in [1.29, 1.82) is 0 Å². The molecule has 148 valence electrons. The first-order valence-electron chi connectivity index (χ1n) is 9.72. The summed E-state index contributed by atoms with van der Waals surface area (Å²) in [6.45, 7) is 2.23. The molecule has 3 aromatic rings. The number of fused-ring (bicyclic) bond motifs is 2. The lowest BCUT2D eigenvalue weighted by atomic mass is 9.88. The molecule has 4 heterocycles. The maximum absolute atomic E-state index is 10.5. The van der Waals surface area contributed by atoms with Gasteiger partial charge in [-0.15, -0.1) is 10.2 Å². The van der Waals surface area contributed by atoms with Gasteiger partial charge in [0.15, 0.2) is 11.6 Å². The molecular formula is C21H23N7O. The molecule has 29 heavy (non-hydrogen) atoms. The lowest BCUT2D eigenvalue weighted by Crippen LogP contribution is -2.54. The van der Waals surface area contributed by atoms with E-state index in [4.69, 9.17) is 0 Å². The largest absolute Gasteiger partial charge is 0.507 e. The maximum atomic E-state index is 10.5. The van der Waals surface area contributed by atoms with Gasteiger partial charge in [0.2, 0.25) is 0 Å². The second-order valence-corrected chi connectivity index (χ2v) is 8.04. The second kappa shape index (κ2) is 6.66. The Morgan fingerprint density at radius 2 is 2.21 bits per heavy atom. The summed E-state index contributed by atoms with van der Waals surface area (Å²) >= 11 is 0. The average Bonchev–Trinajstić information content (AvgIpc) is 3.35. The van der Waals surface area contributed by atoms with Crippen LogP contribution >= 0.6 is 0 Å². The Balaban J connectivity index is 1.35. The smallest absolute Gasteiger partial charge is 0.185 e. The molecule has 0 amide bonds. The topological polar surface area (TPSA) is 92.0 Å². The predicted octanol–water partition coefficient (Wildman–Crippen LogP) is 2.32. The van der Waals surface area contributed by atoms with Crippen molar-refractivity contribution >= 4 is 5.82 Å². The molecule has 1 aromatic carbocycles. The highest BCUT2D eigenvalue weighted by molar-refractivity contribution is 5.66. The molecule has 2 N–H and O–H groups in total. The van der Waals surface area contributed by atoms with Gasteiger partial charge in [-0.1, -0.05) is 12.2 Å². The molecule has 3 atom stereocenters. The Hall–Kier alpha value is -3.26. The Bertz CT molecular complexity index is 1050. The average molecular weight is 389 g/mol. The molecule has 1 saturated heterocycles. The molecule has 2 aliphatic heterocycles. The second-order valence-electron chi connectivity index (χ2n) is 8.04. The van der Waals surface area contributed by atoms with Crippen LogP contribution in [0.4, 0.5) is 5.82 Å². The number of anilines is 1. The number of phenols is 1. The minimum atomic E-state index is 0.0470. The summed E-state index contributed by atoms with van der Waals surface area (Å²) in [4.78, 5) is 10.6. The van der Waals surface area contributed by atoms with Crippen molar-refractivity contribution in [2.45, 2.75) is 37.4 Å². The SMILES string of the molecule is CN(c1cnc(-c2ccc(-n3ccnc3)cc2O)nn1)[C@H]1CC2C=C[C@](C)(C1)N2. The Kier molecular flexibility index (Phi) is 4.09. The summed E-state index contributed by atoms with van der Waals surface area (Å²) < 4.78 is 1.82.